The first-order chi connectivity index (χ1) is 31.5. The van der Waals surface area contributed by atoms with Crippen LogP contribution in [0.25, 0.3) is 0 Å². The first-order valence-electron chi connectivity index (χ1n) is 28.2. The number of aliphatic hydroxyl groups excluding tert-OH is 1. The summed E-state index contributed by atoms with van der Waals surface area (Å²) in [4.78, 5) is 25.4. The van der Waals surface area contributed by atoms with E-state index in [1.165, 1.54) is 205 Å². The second-order valence-corrected chi connectivity index (χ2v) is 22.1. The molecule has 0 aromatic carbocycles. The Morgan fingerprint density at radius 1 is 0.538 bits per heavy atom. The van der Waals surface area contributed by atoms with E-state index < -0.39 is 20.0 Å². The van der Waals surface area contributed by atoms with E-state index in [1.807, 2.05) is 21.1 Å². The lowest BCUT2D eigenvalue weighted by molar-refractivity contribution is -0.870. The SMILES string of the molecule is CCCCCCCCCCC/C=C\C/C=C\CCCCCCCCCCCCCCCCCCCC(=O)NC(COP(=O)([O-])OCC[N+](C)(C)C)C(O)CCCCCCCCCCCC. The monoisotopic (exact) mass is 939 g/mol. The number of allylic oxidation sites excluding steroid dienone is 4. The molecule has 0 radical (unpaired) electrons. The lowest BCUT2D eigenvalue weighted by Gasteiger charge is -2.30. The van der Waals surface area contributed by atoms with E-state index in [0.29, 0.717) is 23.9 Å². The Hall–Kier alpha value is -1.02. The Bertz CT molecular complexity index is 1110. The van der Waals surface area contributed by atoms with E-state index in [2.05, 4.69) is 43.5 Å². The third-order valence-electron chi connectivity index (χ3n) is 12.9. The lowest BCUT2D eigenvalue weighted by Crippen LogP contribution is -2.46. The Labute approximate surface area is 404 Å². The fraction of sp³-hybridized carbons (Fsp3) is 0.911. The molecule has 0 aliphatic rings. The highest BCUT2D eigenvalue weighted by Gasteiger charge is 2.24. The maximum Gasteiger partial charge on any atom is 0.268 e. The number of rotatable bonds is 52. The molecule has 9 heteroatoms. The molecule has 386 valence electrons. The van der Waals surface area contributed by atoms with Crippen molar-refractivity contribution in [2.24, 2.45) is 0 Å². The highest BCUT2D eigenvalue weighted by molar-refractivity contribution is 7.45. The molecule has 0 saturated carbocycles. The maximum atomic E-state index is 12.9. The molecular weight excluding hydrogens is 828 g/mol. The first kappa shape index (κ1) is 64.0. The van der Waals surface area contributed by atoms with Crippen LogP contribution in [-0.4, -0.2) is 68.5 Å². The lowest BCUT2D eigenvalue weighted by atomic mass is 10.0. The fourth-order valence-electron chi connectivity index (χ4n) is 8.48. The topological polar surface area (TPSA) is 108 Å². The molecule has 0 saturated heterocycles. The minimum Gasteiger partial charge on any atom is -0.756 e. The summed E-state index contributed by atoms with van der Waals surface area (Å²) >= 11 is 0. The van der Waals surface area contributed by atoms with Crippen LogP contribution in [0, 0.1) is 0 Å². The quantitative estimate of drug-likeness (QED) is 0.0272. The zero-order valence-corrected chi connectivity index (χ0v) is 44.9. The van der Waals surface area contributed by atoms with Gasteiger partial charge in [0.1, 0.15) is 13.2 Å². The van der Waals surface area contributed by atoms with Gasteiger partial charge in [-0.3, -0.25) is 9.36 Å². The molecule has 1 amide bonds. The molecule has 0 rings (SSSR count). The van der Waals surface area contributed by atoms with Gasteiger partial charge in [0.05, 0.1) is 39.9 Å². The molecule has 2 N–H and O–H groups in total. The van der Waals surface area contributed by atoms with Crippen molar-refractivity contribution in [2.45, 2.75) is 289 Å². The van der Waals surface area contributed by atoms with E-state index in [4.69, 9.17) is 9.05 Å². The number of phosphoric acid groups is 1. The average Bonchev–Trinajstić information content (AvgIpc) is 3.26. The Morgan fingerprint density at radius 3 is 1.28 bits per heavy atom. The van der Waals surface area contributed by atoms with Gasteiger partial charge in [-0.05, 0) is 44.9 Å². The summed E-state index contributed by atoms with van der Waals surface area (Å²) in [5.74, 6) is -0.163. The molecule has 0 fully saturated rings. The van der Waals surface area contributed by atoms with Crippen LogP contribution in [0.1, 0.15) is 277 Å². The number of phosphoric ester groups is 1. The third-order valence-corrected chi connectivity index (χ3v) is 13.9. The molecule has 0 aromatic rings. The number of nitrogens with one attached hydrogen (secondary N) is 1. The minimum atomic E-state index is -4.56. The number of likely N-dealkylation sites (N-methyl/N-ethyl adjacent to an activating group) is 1. The fourth-order valence-corrected chi connectivity index (χ4v) is 9.21. The summed E-state index contributed by atoms with van der Waals surface area (Å²) in [6.45, 7) is 4.72. The van der Waals surface area contributed by atoms with Gasteiger partial charge in [0, 0.05) is 6.42 Å². The van der Waals surface area contributed by atoms with Crippen molar-refractivity contribution < 1.29 is 32.9 Å². The molecule has 0 aliphatic carbocycles. The van der Waals surface area contributed by atoms with Crippen molar-refractivity contribution in [3.05, 3.63) is 24.3 Å². The molecule has 0 spiro atoms. The van der Waals surface area contributed by atoms with Crippen LogP contribution < -0.4 is 10.2 Å². The van der Waals surface area contributed by atoms with Crippen LogP contribution in [0.3, 0.4) is 0 Å². The van der Waals surface area contributed by atoms with E-state index in [-0.39, 0.29) is 19.1 Å². The largest absolute Gasteiger partial charge is 0.756 e. The van der Waals surface area contributed by atoms with Crippen LogP contribution in [0.15, 0.2) is 24.3 Å². The zero-order valence-electron chi connectivity index (χ0n) is 44.0. The van der Waals surface area contributed by atoms with Gasteiger partial charge in [-0.1, -0.05) is 250 Å². The van der Waals surface area contributed by atoms with Crippen LogP contribution in [0.5, 0.6) is 0 Å². The molecular formula is C56H111N2O6P. The number of aliphatic hydroxyl groups is 1. The van der Waals surface area contributed by atoms with Crippen molar-refractivity contribution in [1.82, 2.24) is 5.32 Å². The number of quaternary nitrogens is 1. The van der Waals surface area contributed by atoms with Gasteiger partial charge in [-0.15, -0.1) is 0 Å². The van der Waals surface area contributed by atoms with E-state index in [0.717, 1.165) is 44.9 Å². The highest BCUT2D eigenvalue weighted by Crippen LogP contribution is 2.38. The number of hydrogen-bond acceptors (Lipinski definition) is 6. The molecule has 0 bridgehead atoms. The van der Waals surface area contributed by atoms with Crippen molar-refractivity contribution in [3.63, 3.8) is 0 Å². The van der Waals surface area contributed by atoms with E-state index in [1.54, 1.807) is 0 Å². The van der Waals surface area contributed by atoms with Crippen molar-refractivity contribution in [2.75, 3.05) is 40.9 Å². The maximum absolute atomic E-state index is 12.9. The summed E-state index contributed by atoms with van der Waals surface area (Å²) in [6.07, 6.45) is 59.5. The molecule has 0 aliphatic heterocycles. The summed E-state index contributed by atoms with van der Waals surface area (Å²) in [5, 5.41) is 13.9. The first-order valence-corrected chi connectivity index (χ1v) is 29.6. The Kier molecular flexibility index (Phi) is 47.3. The van der Waals surface area contributed by atoms with E-state index in [9.17, 15) is 19.4 Å². The Balaban J connectivity index is 3.92. The summed E-state index contributed by atoms with van der Waals surface area (Å²) in [6, 6.07) is -0.796. The Morgan fingerprint density at radius 2 is 0.892 bits per heavy atom. The van der Waals surface area contributed by atoms with Gasteiger partial charge in [0.2, 0.25) is 5.91 Å². The number of carbonyl (C=O) groups excluding carboxylic acids is 1. The number of unbranched alkanes of at least 4 members (excludes halogenated alkanes) is 35. The second kappa shape index (κ2) is 48.0. The normalized spacial score (nSPS) is 14.1. The van der Waals surface area contributed by atoms with Gasteiger partial charge < -0.3 is 28.8 Å². The van der Waals surface area contributed by atoms with Crippen LogP contribution in [0.4, 0.5) is 0 Å². The predicted molar refractivity (Wildman–Crippen MR) is 279 cm³/mol. The second-order valence-electron chi connectivity index (χ2n) is 20.6. The average molecular weight is 939 g/mol. The molecule has 8 nitrogen and oxygen atoms in total. The van der Waals surface area contributed by atoms with Crippen LogP contribution >= 0.6 is 7.82 Å². The predicted octanol–water partition coefficient (Wildman–Crippen LogP) is 16.2. The van der Waals surface area contributed by atoms with Gasteiger partial charge in [-0.25, -0.2) is 0 Å². The molecule has 65 heavy (non-hydrogen) atoms. The van der Waals surface area contributed by atoms with Crippen molar-refractivity contribution >= 4 is 13.7 Å². The highest BCUT2D eigenvalue weighted by atomic mass is 31.2. The summed E-state index contributed by atoms with van der Waals surface area (Å²) in [7, 11) is 1.31. The molecule has 3 atom stereocenters. The number of amides is 1. The molecule has 0 heterocycles. The zero-order chi connectivity index (χ0) is 47.8. The van der Waals surface area contributed by atoms with E-state index >= 15 is 0 Å². The van der Waals surface area contributed by atoms with Crippen molar-refractivity contribution in [3.8, 4) is 0 Å². The molecule has 0 aromatic heterocycles. The van der Waals surface area contributed by atoms with Gasteiger partial charge in [0.25, 0.3) is 7.82 Å². The van der Waals surface area contributed by atoms with Crippen LogP contribution in [0.2, 0.25) is 0 Å². The van der Waals surface area contributed by atoms with Gasteiger partial charge in [0.15, 0.2) is 0 Å². The standard InChI is InChI=1S/C56H111N2O6P/c1-6-8-10-12-14-16-18-19-20-21-22-23-24-25-26-27-28-29-30-31-32-33-34-35-36-37-38-39-40-42-44-46-48-50-56(60)57-54(53-64-65(61,62)63-52-51-58(3,4)5)55(59)49-47-45-43-41-17-15-13-11-9-7-2/h22-23,25-26,54-55,59H,6-21,24,27-53H2,1-5H3,(H-,57,60,61,62)/b23-22-,26-25-. The van der Waals surface area contributed by atoms with Crippen molar-refractivity contribution in [1.29, 1.82) is 0 Å². The third kappa shape index (κ3) is 50.7. The van der Waals surface area contributed by atoms with Gasteiger partial charge >= 0.3 is 0 Å². The number of hydrogen-bond donors (Lipinski definition) is 2. The summed E-state index contributed by atoms with van der Waals surface area (Å²) < 4.78 is 23.3. The van der Waals surface area contributed by atoms with Crippen LogP contribution in [-0.2, 0) is 18.4 Å². The smallest absolute Gasteiger partial charge is 0.268 e. The number of nitrogens with zero attached hydrogens (tertiary/aromatic N) is 1. The number of carbonyl (C=O) groups is 1. The summed E-state index contributed by atoms with van der Waals surface area (Å²) in [5.41, 5.74) is 0. The minimum absolute atomic E-state index is 0.0138. The molecule has 3 unspecified atom stereocenters. The van der Waals surface area contributed by atoms with Gasteiger partial charge in [-0.2, -0.15) is 0 Å².